The van der Waals surface area contributed by atoms with Crippen LogP contribution < -0.4 is 0 Å². The van der Waals surface area contributed by atoms with Gasteiger partial charge in [-0.1, -0.05) is 0 Å². The van der Waals surface area contributed by atoms with Crippen LogP contribution >= 0.6 is 17.8 Å². The predicted octanol–water partition coefficient (Wildman–Crippen LogP) is 6.05. The van der Waals surface area contributed by atoms with E-state index < -0.39 is 6.56 Å². The molecule has 1 rings (SSSR count). The zero-order valence-electron chi connectivity index (χ0n) is 20.3. The molecule has 1 aliphatic rings. The standard InChI is InChI=1S/C22H50ClN4OP/c1-7-13-16-24(10-4)29(23,25(11-5)17-14-8-2,26(12-6)18-15-9-3)27-19-21-28-22-20-27/h7-22H2,1-6H3. The fourth-order valence-corrected chi connectivity index (χ4v) is 12.7. The summed E-state index contributed by atoms with van der Waals surface area (Å²) < 4.78 is 16.5. The molecule has 0 aromatic rings. The van der Waals surface area contributed by atoms with E-state index in [2.05, 4.69) is 60.2 Å². The van der Waals surface area contributed by atoms with E-state index in [1.54, 1.807) is 0 Å². The second-order valence-electron chi connectivity index (χ2n) is 8.10. The number of unbranched alkanes of at least 4 members (excludes halogenated alkanes) is 3. The predicted molar refractivity (Wildman–Crippen MR) is 132 cm³/mol. The number of morpholine rings is 1. The zero-order valence-corrected chi connectivity index (χ0v) is 22.0. The summed E-state index contributed by atoms with van der Waals surface area (Å²) in [4.78, 5) is 0. The fourth-order valence-electron chi connectivity index (χ4n) is 4.71. The summed E-state index contributed by atoms with van der Waals surface area (Å²) in [5.74, 6) is 0. The Labute approximate surface area is 187 Å². The first kappa shape index (κ1) is 27.6. The molecule has 0 radical (unpaired) electrons. The molecule has 1 heterocycles. The number of halogens is 1. The summed E-state index contributed by atoms with van der Waals surface area (Å²) in [5.41, 5.74) is 0. The van der Waals surface area contributed by atoms with Crippen molar-refractivity contribution in [2.45, 2.75) is 80.1 Å². The molecule has 0 bridgehead atoms. The topological polar surface area (TPSA) is 22.2 Å². The molecule has 0 amide bonds. The van der Waals surface area contributed by atoms with E-state index >= 15 is 0 Å². The van der Waals surface area contributed by atoms with Crippen molar-refractivity contribution in [2.75, 3.05) is 65.6 Å². The van der Waals surface area contributed by atoms with Crippen molar-refractivity contribution in [1.82, 2.24) is 18.7 Å². The molecule has 0 saturated carbocycles. The Morgan fingerprint density at radius 2 is 1.03 bits per heavy atom. The Hall–Kier alpha value is 0.520. The summed E-state index contributed by atoms with van der Waals surface area (Å²) in [7, 11) is 0. The Morgan fingerprint density at radius 1 is 0.690 bits per heavy atom. The molecular formula is C22H50ClN4OP. The average Bonchev–Trinajstić information content (AvgIpc) is 2.76. The molecule has 1 aliphatic heterocycles. The Balaban J connectivity index is 3.65. The minimum atomic E-state index is -3.19. The molecule has 29 heavy (non-hydrogen) atoms. The van der Waals surface area contributed by atoms with Crippen molar-refractivity contribution in [3.8, 4) is 0 Å². The van der Waals surface area contributed by atoms with Gasteiger partial charge in [-0.2, -0.15) is 0 Å². The van der Waals surface area contributed by atoms with Crippen LogP contribution in [0.3, 0.4) is 0 Å². The molecule has 0 aromatic carbocycles. The monoisotopic (exact) mass is 452 g/mol. The van der Waals surface area contributed by atoms with Gasteiger partial charge in [0.05, 0.1) is 0 Å². The molecule has 0 atom stereocenters. The average molecular weight is 453 g/mol. The molecular weight excluding hydrogens is 403 g/mol. The van der Waals surface area contributed by atoms with Crippen LogP contribution in [0.2, 0.25) is 0 Å². The zero-order chi connectivity index (χ0) is 21.8. The van der Waals surface area contributed by atoms with Gasteiger partial charge in [-0.05, 0) is 0 Å². The van der Waals surface area contributed by atoms with Crippen molar-refractivity contribution in [3.05, 3.63) is 0 Å². The van der Waals surface area contributed by atoms with Crippen LogP contribution in [-0.2, 0) is 4.74 Å². The maximum atomic E-state index is 8.36. The molecule has 0 unspecified atom stereocenters. The van der Waals surface area contributed by atoms with E-state index in [1.165, 1.54) is 38.5 Å². The Morgan fingerprint density at radius 3 is 1.31 bits per heavy atom. The van der Waals surface area contributed by atoms with E-state index in [0.29, 0.717) is 0 Å². The first-order valence-corrected chi connectivity index (χ1v) is 15.3. The summed E-state index contributed by atoms with van der Waals surface area (Å²) in [5, 5.41) is 0. The third-order valence-corrected chi connectivity index (χ3v) is 14.6. The van der Waals surface area contributed by atoms with Gasteiger partial charge >= 0.3 is 187 Å². The van der Waals surface area contributed by atoms with Gasteiger partial charge < -0.3 is 0 Å². The summed E-state index contributed by atoms with van der Waals surface area (Å²) in [6, 6.07) is 0. The van der Waals surface area contributed by atoms with Gasteiger partial charge in [-0.25, -0.2) is 0 Å². The van der Waals surface area contributed by atoms with Crippen LogP contribution in [0, 0.1) is 0 Å². The fraction of sp³-hybridized carbons (Fsp3) is 1.00. The van der Waals surface area contributed by atoms with Gasteiger partial charge in [0, 0.05) is 0 Å². The number of hydrogen-bond acceptors (Lipinski definition) is 5. The van der Waals surface area contributed by atoms with Crippen molar-refractivity contribution in [2.24, 2.45) is 0 Å². The first-order valence-electron chi connectivity index (χ1n) is 12.3. The van der Waals surface area contributed by atoms with Gasteiger partial charge in [-0.3, -0.25) is 0 Å². The molecule has 7 heteroatoms. The van der Waals surface area contributed by atoms with Crippen LogP contribution in [-0.4, -0.2) is 84.3 Å². The van der Waals surface area contributed by atoms with E-state index in [9.17, 15) is 0 Å². The molecule has 0 spiro atoms. The number of ether oxygens (including phenoxy) is 1. The summed E-state index contributed by atoms with van der Waals surface area (Å²) >= 11 is 8.36. The van der Waals surface area contributed by atoms with E-state index in [1.807, 2.05) is 0 Å². The van der Waals surface area contributed by atoms with Crippen LogP contribution in [0.4, 0.5) is 0 Å². The summed E-state index contributed by atoms with van der Waals surface area (Å²) in [6.07, 6.45) is 7.18. The van der Waals surface area contributed by atoms with Gasteiger partial charge in [0.15, 0.2) is 0 Å². The van der Waals surface area contributed by atoms with Crippen molar-refractivity contribution < 1.29 is 4.74 Å². The van der Waals surface area contributed by atoms with Gasteiger partial charge in [0.25, 0.3) is 0 Å². The number of rotatable bonds is 16. The third kappa shape index (κ3) is 5.86. The van der Waals surface area contributed by atoms with Crippen LogP contribution in [0.15, 0.2) is 0 Å². The Bertz CT molecular complexity index is 393. The van der Waals surface area contributed by atoms with Gasteiger partial charge in [-0.15, -0.1) is 0 Å². The molecule has 176 valence electrons. The maximum absolute atomic E-state index is 8.36. The van der Waals surface area contributed by atoms with Crippen LogP contribution in [0.25, 0.3) is 0 Å². The van der Waals surface area contributed by atoms with Crippen molar-refractivity contribution >= 4 is 17.8 Å². The SMILES string of the molecule is CCCCN(CC)P(Cl)(N(CC)CCCC)(N(CC)CCCC)N1CCOCC1. The second kappa shape index (κ2) is 13.8. The van der Waals surface area contributed by atoms with E-state index in [0.717, 1.165) is 65.6 Å². The minimum absolute atomic E-state index is 0.784. The summed E-state index contributed by atoms with van der Waals surface area (Å²) in [6.45, 7) is 20.2. The van der Waals surface area contributed by atoms with Crippen LogP contribution in [0.1, 0.15) is 80.1 Å². The first-order chi connectivity index (χ1) is 14.0. The third-order valence-electron chi connectivity index (χ3n) is 6.34. The van der Waals surface area contributed by atoms with Crippen molar-refractivity contribution in [1.29, 1.82) is 0 Å². The molecule has 0 aliphatic carbocycles. The quantitative estimate of drug-likeness (QED) is 0.265. The normalized spacial score (nSPS) is 17.9. The molecule has 0 aromatic heterocycles. The van der Waals surface area contributed by atoms with Crippen molar-refractivity contribution in [3.63, 3.8) is 0 Å². The van der Waals surface area contributed by atoms with Crippen LogP contribution in [0.5, 0.6) is 0 Å². The van der Waals surface area contributed by atoms with Gasteiger partial charge in [0.2, 0.25) is 0 Å². The molecule has 5 nitrogen and oxygen atoms in total. The van der Waals surface area contributed by atoms with E-state index in [-0.39, 0.29) is 0 Å². The number of nitrogens with zero attached hydrogens (tertiary/aromatic N) is 4. The Kier molecular flexibility index (Phi) is 13.1. The number of hydrogen-bond donors (Lipinski definition) is 0. The van der Waals surface area contributed by atoms with Gasteiger partial charge in [0.1, 0.15) is 0 Å². The molecule has 0 N–H and O–H groups in total. The molecule has 1 fully saturated rings. The molecule has 1 saturated heterocycles. The second-order valence-corrected chi connectivity index (χ2v) is 13.9. The van der Waals surface area contributed by atoms with E-state index in [4.69, 9.17) is 16.0 Å².